The third kappa shape index (κ3) is 5.80. The first kappa shape index (κ1) is 16.6. The van der Waals surface area contributed by atoms with Gasteiger partial charge in [0.25, 0.3) is 0 Å². The summed E-state index contributed by atoms with van der Waals surface area (Å²) in [6.07, 6.45) is 0. The van der Waals surface area contributed by atoms with Crippen LogP contribution in [0.1, 0.15) is 32.1 Å². The highest BCUT2D eigenvalue weighted by molar-refractivity contribution is 5.89. The van der Waals surface area contributed by atoms with Gasteiger partial charge in [-0.15, -0.1) is 0 Å². The average molecular weight is 226 g/mol. The van der Waals surface area contributed by atoms with Crippen LogP contribution in [0, 0.1) is 0 Å². The number of rotatable bonds is 3. The molecule has 0 radical (unpaired) electrons. The molecule has 0 amide bonds. The molecule has 0 aliphatic rings. The first-order chi connectivity index (χ1) is 6.70. The van der Waals surface area contributed by atoms with E-state index in [0.717, 1.165) is 0 Å². The van der Waals surface area contributed by atoms with E-state index in [2.05, 4.69) is 9.47 Å². The van der Waals surface area contributed by atoms with E-state index >= 15 is 0 Å². The van der Waals surface area contributed by atoms with Crippen LogP contribution in [0.25, 0.3) is 0 Å². The zero-order valence-electron chi connectivity index (χ0n) is 7.73. The third-order valence-electron chi connectivity index (χ3n) is 1.46. The van der Waals surface area contributed by atoms with E-state index in [4.69, 9.17) is 0 Å². The fourth-order valence-electron chi connectivity index (χ4n) is 0.824. The molecule has 0 heterocycles. The van der Waals surface area contributed by atoms with Crippen molar-refractivity contribution < 1.29 is 19.1 Å². The smallest absolute Gasteiger partial charge is 0.340 e. The van der Waals surface area contributed by atoms with Gasteiger partial charge in [-0.3, -0.25) is 4.79 Å². The Balaban J connectivity index is 0. The number of ether oxygens (including phenoxy) is 2. The summed E-state index contributed by atoms with van der Waals surface area (Å²) in [5.41, 5.74) is 0.430. The van der Waals surface area contributed by atoms with Crippen molar-refractivity contribution in [2.24, 2.45) is 0 Å². The van der Waals surface area contributed by atoms with Gasteiger partial charge < -0.3 is 9.47 Å². The Morgan fingerprint density at radius 2 is 1.62 bits per heavy atom. The summed E-state index contributed by atoms with van der Waals surface area (Å²) >= 11 is 0. The second kappa shape index (κ2) is 8.47. The van der Waals surface area contributed by atoms with Gasteiger partial charge in [0.2, 0.25) is 6.79 Å². The van der Waals surface area contributed by atoms with E-state index in [1.807, 2.05) is 0 Å². The molecule has 0 aromatic heterocycles. The predicted molar refractivity (Wildman–Crippen MR) is 62.0 cm³/mol. The molecule has 0 spiro atoms. The highest BCUT2D eigenvalue weighted by Crippen LogP contribution is 2.00. The molecule has 0 bridgehead atoms. The molecule has 4 nitrogen and oxygen atoms in total. The summed E-state index contributed by atoms with van der Waals surface area (Å²) < 4.78 is 9.11. The van der Waals surface area contributed by atoms with Crippen LogP contribution >= 0.6 is 0 Å². The van der Waals surface area contributed by atoms with Gasteiger partial charge >= 0.3 is 11.9 Å². The lowest BCUT2D eigenvalue weighted by atomic mass is 10.2. The second-order valence-corrected chi connectivity index (χ2v) is 2.55. The van der Waals surface area contributed by atoms with Crippen LogP contribution in [0.5, 0.6) is 0 Å². The molecule has 0 N–H and O–H groups in total. The number of carbonyl (C=O) groups is 2. The fraction of sp³-hybridized carbons (Fsp3) is 0.333. The van der Waals surface area contributed by atoms with Crippen molar-refractivity contribution in [2.45, 2.75) is 21.8 Å². The summed E-state index contributed by atoms with van der Waals surface area (Å²) in [5.74, 6) is -0.988. The van der Waals surface area contributed by atoms with Gasteiger partial charge in [-0.05, 0) is 12.1 Å². The average Bonchev–Trinajstić information content (AvgIpc) is 2.18. The number of carbonyl (C=O) groups excluding carboxylic acids is 2. The zero-order chi connectivity index (χ0) is 10.4. The predicted octanol–water partition coefficient (Wildman–Crippen LogP) is 2.64. The van der Waals surface area contributed by atoms with Gasteiger partial charge in [0.15, 0.2) is 0 Å². The van der Waals surface area contributed by atoms with Crippen molar-refractivity contribution in [3.63, 3.8) is 0 Å². The maximum absolute atomic E-state index is 11.2. The Labute approximate surface area is 96.2 Å². The molecule has 0 saturated carbocycles. The summed E-state index contributed by atoms with van der Waals surface area (Å²) in [7, 11) is 0. The number of benzene rings is 1. The van der Waals surface area contributed by atoms with Gasteiger partial charge in [-0.25, -0.2) is 4.79 Å². The molecule has 0 aliphatic heterocycles. The Morgan fingerprint density at radius 3 is 2.12 bits per heavy atom. The summed E-state index contributed by atoms with van der Waals surface area (Å²) in [5, 5.41) is 0. The minimum atomic E-state index is -0.508. The van der Waals surface area contributed by atoms with Crippen molar-refractivity contribution in [3.05, 3.63) is 35.9 Å². The molecular formula is C12H18O4. The highest BCUT2D eigenvalue weighted by atomic mass is 16.7. The molecule has 4 heteroatoms. The maximum atomic E-state index is 11.2. The lowest BCUT2D eigenvalue weighted by Crippen LogP contribution is -2.10. The minimum Gasteiger partial charge on any atom is -0.428 e. The normalized spacial score (nSPS) is 8.06. The lowest BCUT2D eigenvalue weighted by Gasteiger charge is -2.03. The van der Waals surface area contributed by atoms with Gasteiger partial charge in [0.1, 0.15) is 0 Å². The molecule has 16 heavy (non-hydrogen) atoms. The molecule has 90 valence electrons. The molecule has 1 rings (SSSR count). The summed E-state index contributed by atoms with van der Waals surface area (Å²) in [6.45, 7) is 0.902. The van der Waals surface area contributed by atoms with E-state index in [-0.39, 0.29) is 21.6 Å². The molecule has 0 fully saturated rings. The Bertz CT molecular complexity index is 319. The largest absolute Gasteiger partial charge is 0.428 e. The minimum absolute atomic E-state index is 0. The first-order valence-corrected chi connectivity index (χ1v) is 4.05. The molecule has 1 aromatic carbocycles. The molecule has 0 atom stereocenters. The monoisotopic (exact) mass is 226 g/mol. The van der Waals surface area contributed by atoms with Gasteiger partial charge in [-0.2, -0.15) is 0 Å². The van der Waals surface area contributed by atoms with E-state index in [1.165, 1.54) is 6.92 Å². The van der Waals surface area contributed by atoms with E-state index in [9.17, 15) is 9.59 Å². The summed E-state index contributed by atoms with van der Waals surface area (Å²) in [6, 6.07) is 8.49. The summed E-state index contributed by atoms with van der Waals surface area (Å²) in [4.78, 5) is 21.6. The van der Waals surface area contributed by atoms with Crippen LogP contribution in [0.2, 0.25) is 0 Å². The topological polar surface area (TPSA) is 52.6 Å². The molecule has 0 saturated heterocycles. The maximum Gasteiger partial charge on any atom is 0.340 e. The number of esters is 2. The first-order valence-electron chi connectivity index (χ1n) is 4.05. The highest BCUT2D eigenvalue weighted by Gasteiger charge is 2.05. The van der Waals surface area contributed by atoms with Gasteiger partial charge in [0, 0.05) is 6.92 Å². The van der Waals surface area contributed by atoms with Crippen molar-refractivity contribution in [2.75, 3.05) is 6.79 Å². The fourth-order valence-corrected chi connectivity index (χ4v) is 0.824. The molecule has 0 aliphatic carbocycles. The van der Waals surface area contributed by atoms with Crippen molar-refractivity contribution >= 4 is 11.9 Å². The van der Waals surface area contributed by atoms with E-state index in [1.54, 1.807) is 30.3 Å². The number of hydrogen-bond acceptors (Lipinski definition) is 4. The van der Waals surface area contributed by atoms with Crippen LogP contribution in [0.4, 0.5) is 0 Å². The van der Waals surface area contributed by atoms with Crippen molar-refractivity contribution in [1.82, 2.24) is 0 Å². The SMILES string of the molecule is C.C.CC(=O)OCOC(=O)c1ccccc1. The molecule has 1 aromatic rings. The van der Waals surface area contributed by atoms with Crippen LogP contribution in [-0.2, 0) is 14.3 Å². The Morgan fingerprint density at radius 1 is 1.06 bits per heavy atom. The van der Waals surface area contributed by atoms with Crippen LogP contribution in [0.3, 0.4) is 0 Å². The molecular weight excluding hydrogens is 208 g/mol. The number of hydrogen-bond donors (Lipinski definition) is 0. The van der Waals surface area contributed by atoms with Crippen LogP contribution in [0.15, 0.2) is 30.3 Å². The van der Waals surface area contributed by atoms with Crippen molar-refractivity contribution in [1.29, 1.82) is 0 Å². The van der Waals surface area contributed by atoms with Crippen LogP contribution in [-0.4, -0.2) is 18.7 Å². The lowest BCUT2D eigenvalue weighted by molar-refractivity contribution is -0.149. The third-order valence-corrected chi connectivity index (χ3v) is 1.46. The van der Waals surface area contributed by atoms with Crippen LogP contribution < -0.4 is 0 Å². The standard InChI is InChI=1S/C10H10O4.2CH4/c1-8(11)13-7-14-10(12)9-5-3-2-4-6-9;;/h2-6H,7H2,1H3;2*1H4. The quantitative estimate of drug-likeness (QED) is 0.587. The Kier molecular flexibility index (Phi) is 8.78. The second-order valence-electron chi connectivity index (χ2n) is 2.55. The van der Waals surface area contributed by atoms with Gasteiger partial charge in [-0.1, -0.05) is 33.1 Å². The van der Waals surface area contributed by atoms with E-state index < -0.39 is 11.9 Å². The zero-order valence-corrected chi connectivity index (χ0v) is 7.73. The molecule has 0 unspecified atom stereocenters. The van der Waals surface area contributed by atoms with Crippen molar-refractivity contribution in [3.8, 4) is 0 Å². The van der Waals surface area contributed by atoms with Gasteiger partial charge in [0.05, 0.1) is 5.56 Å². The van der Waals surface area contributed by atoms with E-state index in [0.29, 0.717) is 5.56 Å². The Hall–Kier alpha value is -1.84.